The fourth-order valence-corrected chi connectivity index (χ4v) is 3.60. The molecule has 1 heterocycles. The molecule has 0 aliphatic heterocycles. The van der Waals surface area contributed by atoms with E-state index in [0.29, 0.717) is 18.5 Å². The predicted molar refractivity (Wildman–Crippen MR) is 98.1 cm³/mol. The van der Waals surface area contributed by atoms with Crippen LogP contribution in [0.15, 0.2) is 46.1 Å². The van der Waals surface area contributed by atoms with Crippen LogP contribution < -0.4 is 16.6 Å². The van der Waals surface area contributed by atoms with E-state index in [0.717, 1.165) is 5.56 Å². The second-order valence-electron chi connectivity index (χ2n) is 7.06. The van der Waals surface area contributed by atoms with Crippen molar-refractivity contribution in [3.8, 4) is 0 Å². The molecule has 0 amide bonds. The Morgan fingerprint density at radius 3 is 2.62 bits per heavy atom. The molecule has 1 fully saturated rings. The zero-order valence-electron chi connectivity index (χ0n) is 14.9. The van der Waals surface area contributed by atoms with E-state index >= 15 is 0 Å². The van der Waals surface area contributed by atoms with Crippen LogP contribution in [0.2, 0.25) is 0 Å². The van der Waals surface area contributed by atoms with E-state index in [2.05, 4.69) is 10.3 Å². The van der Waals surface area contributed by atoms with Crippen LogP contribution in [0.1, 0.15) is 36.6 Å². The van der Waals surface area contributed by atoms with E-state index in [4.69, 9.17) is 0 Å². The van der Waals surface area contributed by atoms with Gasteiger partial charge in [0.2, 0.25) is 0 Å². The van der Waals surface area contributed by atoms with E-state index < -0.39 is 29.5 Å². The Bertz CT molecular complexity index is 861. The molecule has 140 valence electrons. The summed E-state index contributed by atoms with van der Waals surface area (Å²) in [6.45, 7) is 4.16. The maximum absolute atomic E-state index is 12.1. The average Bonchev–Trinajstić information content (AvgIpc) is 2.91. The molecule has 5 atom stereocenters. The quantitative estimate of drug-likeness (QED) is 0.621. The van der Waals surface area contributed by atoms with Crippen molar-refractivity contribution in [3.63, 3.8) is 0 Å². The second-order valence-corrected chi connectivity index (χ2v) is 7.06. The van der Waals surface area contributed by atoms with E-state index in [1.54, 1.807) is 6.92 Å². The minimum Gasteiger partial charge on any atom is -0.390 e. The summed E-state index contributed by atoms with van der Waals surface area (Å²) in [5.41, 5.74) is 0.535. The molecule has 3 rings (SSSR count). The van der Waals surface area contributed by atoms with Crippen molar-refractivity contribution < 1.29 is 10.2 Å². The normalized spacial score (nSPS) is 26.8. The van der Waals surface area contributed by atoms with Crippen molar-refractivity contribution >= 4 is 0 Å². The van der Waals surface area contributed by atoms with Gasteiger partial charge >= 0.3 is 5.69 Å². The van der Waals surface area contributed by atoms with Gasteiger partial charge < -0.3 is 15.5 Å². The molecule has 1 aliphatic carbocycles. The number of nitrogens with zero attached hydrogens (tertiary/aromatic N) is 1. The second kappa shape index (κ2) is 7.57. The number of H-pyrrole nitrogens is 1. The summed E-state index contributed by atoms with van der Waals surface area (Å²) in [5.74, 6) is -0.194. The van der Waals surface area contributed by atoms with Crippen LogP contribution in [0, 0.1) is 12.8 Å². The number of aliphatic hydroxyl groups excluding tert-OH is 2. The van der Waals surface area contributed by atoms with Gasteiger partial charge in [-0.15, -0.1) is 0 Å². The fourth-order valence-electron chi connectivity index (χ4n) is 3.60. The summed E-state index contributed by atoms with van der Waals surface area (Å²) in [6.07, 6.45) is -0.0988. The van der Waals surface area contributed by atoms with Crippen molar-refractivity contribution in [1.29, 1.82) is 0 Å². The van der Waals surface area contributed by atoms with Gasteiger partial charge in [0, 0.05) is 30.3 Å². The number of aryl methyl sites for hydroxylation is 1. The third kappa shape index (κ3) is 3.65. The number of nitrogens with one attached hydrogen (secondary N) is 2. The van der Waals surface area contributed by atoms with Crippen molar-refractivity contribution in [2.45, 2.75) is 44.6 Å². The van der Waals surface area contributed by atoms with Crippen LogP contribution in [0.5, 0.6) is 0 Å². The Balaban J connectivity index is 1.71. The van der Waals surface area contributed by atoms with Crippen LogP contribution in [0.4, 0.5) is 0 Å². The number of rotatable bonds is 5. The monoisotopic (exact) mass is 359 g/mol. The Hall–Kier alpha value is -2.22. The first-order valence-electron chi connectivity index (χ1n) is 8.85. The lowest BCUT2D eigenvalue weighted by atomic mass is 10.0. The Morgan fingerprint density at radius 2 is 1.92 bits per heavy atom. The van der Waals surface area contributed by atoms with Crippen molar-refractivity contribution in [1.82, 2.24) is 14.9 Å². The van der Waals surface area contributed by atoms with Gasteiger partial charge in [0.15, 0.2) is 0 Å². The molecular formula is C19H25N3O4. The lowest BCUT2D eigenvalue weighted by Gasteiger charge is -2.20. The van der Waals surface area contributed by atoms with Crippen LogP contribution in [0.3, 0.4) is 0 Å². The third-order valence-corrected chi connectivity index (χ3v) is 5.26. The van der Waals surface area contributed by atoms with Crippen LogP contribution in [0.25, 0.3) is 0 Å². The third-order valence-electron chi connectivity index (χ3n) is 5.26. The zero-order chi connectivity index (χ0) is 18.8. The van der Waals surface area contributed by atoms with Crippen LogP contribution in [-0.4, -0.2) is 38.5 Å². The molecule has 0 spiro atoms. The average molecular weight is 359 g/mol. The number of aliphatic hydroxyl groups is 2. The molecule has 1 aromatic heterocycles. The van der Waals surface area contributed by atoms with E-state index in [1.807, 2.05) is 37.3 Å². The fraction of sp³-hybridized carbons (Fsp3) is 0.474. The number of aromatic amines is 1. The van der Waals surface area contributed by atoms with Gasteiger partial charge in [0.25, 0.3) is 5.56 Å². The summed E-state index contributed by atoms with van der Waals surface area (Å²) in [6, 6.07) is 9.52. The number of hydrogen-bond acceptors (Lipinski definition) is 5. The Kier molecular flexibility index (Phi) is 5.41. The lowest BCUT2D eigenvalue weighted by molar-refractivity contribution is 0.00538. The molecule has 0 saturated heterocycles. The largest absolute Gasteiger partial charge is 0.390 e. The number of hydrogen-bond donors (Lipinski definition) is 4. The maximum Gasteiger partial charge on any atom is 0.328 e. The molecule has 0 unspecified atom stereocenters. The summed E-state index contributed by atoms with van der Waals surface area (Å²) in [7, 11) is 0. The van der Waals surface area contributed by atoms with Crippen LogP contribution in [-0.2, 0) is 0 Å². The molecule has 0 radical (unpaired) electrons. The Morgan fingerprint density at radius 1 is 1.23 bits per heavy atom. The molecule has 4 N–H and O–H groups in total. The van der Waals surface area contributed by atoms with Crippen molar-refractivity contribution in [3.05, 3.63) is 68.5 Å². The predicted octanol–water partition coefficient (Wildman–Crippen LogP) is 0.479. The molecule has 26 heavy (non-hydrogen) atoms. The molecule has 7 nitrogen and oxygen atoms in total. The minimum atomic E-state index is -1.06. The zero-order valence-corrected chi connectivity index (χ0v) is 14.9. The molecule has 2 aromatic rings. The van der Waals surface area contributed by atoms with Gasteiger partial charge in [-0.3, -0.25) is 14.3 Å². The molecule has 1 aromatic carbocycles. The Labute approximate surface area is 151 Å². The first kappa shape index (κ1) is 18.6. The summed E-state index contributed by atoms with van der Waals surface area (Å²) < 4.78 is 1.32. The van der Waals surface area contributed by atoms with Gasteiger partial charge in [-0.1, -0.05) is 30.3 Å². The highest BCUT2D eigenvalue weighted by Crippen LogP contribution is 2.34. The first-order chi connectivity index (χ1) is 12.4. The van der Waals surface area contributed by atoms with Crippen molar-refractivity contribution in [2.75, 3.05) is 6.54 Å². The summed E-state index contributed by atoms with van der Waals surface area (Å²) in [5, 5.41) is 24.2. The maximum atomic E-state index is 12.1. The van der Waals surface area contributed by atoms with E-state index in [9.17, 15) is 19.8 Å². The SMILES string of the molecule is Cc1cn([C@@H]2C[C@@H](CN[C@@H](C)c3ccccc3)[C@@H](O)[C@@H]2O)c(=O)[nH]c1=O. The lowest BCUT2D eigenvalue weighted by Crippen LogP contribution is -2.38. The molecule has 0 bridgehead atoms. The topological polar surface area (TPSA) is 107 Å². The highest BCUT2D eigenvalue weighted by Gasteiger charge is 2.42. The summed E-state index contributed by atoms with van der Waals surface area (Å²) >= 11 is 0. The molecule has 7 heteroatoms. The van der Waals surface area contributed by atoms with Gasteiger partial charge in [-0.05, 0) is 25.8 Å². The summed E-state index contributed by atoms with van der Waals surface area (Å²) in [4.78, 5) is 25.9. The highest BCUT2D eigenvalue weighted by atomic mass is 16.3. The van der Waals surface area contributed by atoms with E-state index in [1.165, 1.54) is 10.8 Å². The standard InChI is InChI=1S/C19H25N3O4/c1-11-10-22(19(26)21-18(11)25)15-8-14(16(23)17(15)24)9-20-12(2)13-6-4-3-5-7-13/h3-7,10,12,14-17,20,23-24H,8-9H2,1-2H3,(H,21,25,26)/t12-,14-,15+,16+,17+/m0/s1. The molecular weight excluding hydrogens is 334 g/mol. The van der Waals surface area contributed by atoms with Crippen LogP contribution >= 0.6 is 0 Å². The molecule has 1 saturated carbocycles. The number of benzene rings is 1. The smallest absolute Gasteiger partial charge is 0.328 e. The van der Waals surface area contributed by atoms with Crippen molar-refractivity contribution in [2.24, 2.45) is 5.92 Å². The molecule has 1 aliphatic rings. The van der Waals surface area contributed by atoms with E-state index in [-0.39, 0.29) is 12.0 Å². The first-order valence-corrected chi connectivity index (χ1v) is 8.85. The highest BCUT2D eigenvalue weighted by molar-refractivity contribution is 5.18. The van der Waals surface area contributed by atoms with Gasteiger partial charge in [-0.2, -0.15) is 0 Å². The number of aromatic nitrogens is 2. The van der Waals surface area contributed by atoms with Gasteiger partial charge in [-0.25, -0.2) is 4.79 Å². The van der Waals surface area contributed by atoms with Gasteiger partial charge in [0.1, 0.15) is 6.10 Å². The minimum absolute atomic E-state index is 0.109. The van der Waals surface area contributed by atoms with Gasteiger partial charge in [0.05, 0.1) is 12.1 Å².